The van der Waals surface area contributed by atoms with Gasteiger partial charge in [-0.3, -0.25) is 0 Å². The van der Waals surface area contributed by atoms with E-state index in [1.165, 1.54) is 88.3 Å². The standard InChI is InChI=1S/C24H34N2S8/c1-3-5-7-9-15-27-19-21(29-17-11-13-25)33-23(31-19)24-32-20(28-16-10-8-6-4-2)22(34-24)30-18-12-14-26/h3-12,15-18H2,1-2H3/b24-23+. The monoisotopic (exact) mass is 606 g/mol. The highest BCUT2D eigenvalue weighted by atomic mass is 32.3. The lowest BCUT2D eigenvalue weighted by molar-refractivity contribution is 0.707. The first kappa shape index (κ1) is 31.2. The summed E-state index contributed by atoms with van der Waals surface area (Å²) in [6, 6.07) is 4.57. The Morgan fingerprint density at radius 2 is 0.882 bits per heavy atom. The molecule has 0 radical (unpaired) electrons. The Kier molecular flexibility index (Phi) is 18.4. The van der Waals surface area contributed by atoms with Gasteiger partial charge < -0.3 is 0 Å². The fraction of sp³-hybridized carbons (Fsp3) is 0.667. The first-order valence-electron chi connectivity index (χ1n) is 11.9. The number of rotatable bonds is 18. The van der Waals surface area contributed by atoms with E-state index < -0.39 is 0 Å². The summed E-state index contributed by atoms with van der Waals surface area (Å²) in [6.07, 6.45) is 11.6. The number of hydrogen-bond acceptors (Lipinski definition) is 10. The summed E-state index contributed by atoms with van der Waals surface area (Å²) in [7, 11) is 0. The number of hydrogen-bond donors (Lipinski definition) is 0. The van der Waals surface area contributed by atoms with Crippen LogP contribution in [0.25, 0.3) is 0 Å². The molecule has 0 aromatic heterocycles. The lowest BCUT2D eigenvalue weighted by Gasteiger charge is -2.04. The Morgan fingerprint density at radius 1 is 0.529 bits per heavy atom. The van der Waals surface area contributed by atoms with Crippen LogP contribution in [0.1, 0.15) is 78.1 Å². The molecule has 188 valence electrons. The van der Waals surface area contributed by atoms with Crippen LogP contribution in [0.15, 0.2) is 25.4 Å². The van der Waals surface area contributed by atoms with Crippen LogP contribution in [-0.2, 0) is 0 Å². The van der Waals surface area contributed by atoms with Crippen LogP contribution in [0.5, 0.6) is 0 Å². The largest absolute Gasteiger partial charge is 0.198 e. The molecule has 0 saturated heterocycles. The Hall–Kier alpha value is 1.000. The van der Waals surface area contributed by atoms with Crippen LogP contribution < -0.4 is 0 Å². The number of unbranched alkanes of at least 4 members (excludes halogenated alkanes) is 6. The van der Waals surface area contributed by atoms with Crippen LogP contribution in [0.2, 0.25) is 0 Å². The summed E-state index contributed by atoms with van der Waals surface area (Å²) in [5, 5.41) is 18.0. The molecule has 2 heterocycles. The van der Waals surface area contributed by atoms with Crippen molar-refractivity contribution in [3.05, 3.63) is 25.4 Å². The third-order valence-electron chi connectivity index (χ3n) is 4.60. The molecule has 0 fully saturated rings. The van der Waals surface area contributed by atoms with Gasteiger partial charge in [0.1, 0.15) is 0 Å². The zero-order valence-electron chi connectivity index (χ0n) is 20.1. The van der Waals surface area contributed by atoms with Crippen molar-refractivity contribution in [1.82, 2.24) is 0 Å². The molecule has 34 heavy (non-hydrogen) atoms. The Bertz CT molecular complexity index is 741. The van der Waals surface area contributed by atoms with E-state index in [2.05, 4.69) is 26.0 Å². The molecule has 2 aliphatic rings. The zero-order chi connectivity index (χ0) is 24.4. The molecule has 0 atom stereocenters. The SMILES string of the molecule is CCCCCCSC1=C(SCCC#N)S/C(=C2/SC(SCCC#N)=C(SCCCCCC)S2)S1. The van der Waals surface area contributed by atoms with E-state index in [1.54, 1.807) is 0 Å². The quantitative estimate of drug-likeness (QED) is 0.141. The van der Waals surface area contributed by atoms with Crippen LogP contribution in [-0.4, -0.2) is 23.0 Å². The molecule has 0 bridgehead atoms. The molecular weight excluding hydrogens is 573 g/mol. The third-order valence-corrected chi connectivity index (χ3v) is 16.3. The summed E-state index contributed by atoms with van der Waals surface area (Å²) in [6.45, 7) is 4.52. The minimum absolute atomic E-state index is 0.600. The number of nitriles is 2. The number of thioether (sulfide) groups is 8. The summed E-state index contributed by atoms with van der Waals surface area (Å²) >= 11 is 15.5. The molecule has 0 unspecified atom stereocenters. The van der Waals surface area contributed by atoms with Crippen LogP contribution in [0.4, 0.5) is 0 Å². The average Bonchev–Trinajstić information content (AvgIpc) is 3.43. The lowest BCUT2D eigenvalue weighted by atomic mass is 10.2. The molecule has 2 aliphatic heterocycles. The molecule has 2 rings (SSSR count). The van der Waals surface area contributed by atoms with Crippen molar-refractivity contribution < 1.29 is 0 Å². The maximum Gasteiger partial charge on any atom is 0.0717 e. The molecule has 0 aromatic rings. The normalized spacial score (nSPS) is 18.1. The molecule has 0 amide bonds. The Balaban J connectivity index is 2.02. The number of nitrogens with zero attached hydrogens (tertiary/aromatic N) is 2. The lowest BCUT2D eigenvalue weighted by Crippen LogP contribution is -1.82. The summed E-state index contributed by atoms with van der Waals surface area (Å²) < 4.78 is 8.48. The highest BCUT2D eigenvalue weighted by Gasteiger charge is 2.30. The maximum atomic E-state index is 8.98. The van der Waals surface area contributed by atoms with Crippen molar-refractivity contribution in [2.75, 3.05) is 23.0 Å². The fourth-order valence-electron chi connectivity index (χ4n) is 2.83. The summed E-state index contributed by atoms with van der Waals surface area (Å²) in [4.78, 5) is 0. The molecule has 0 aromatic carbocycles. The van der Waals surface area contributed by atoms with E-state index in [0.717, 1.165) is 11.5 Å². The van der Waals surface area contributed by atoms with Crippen molar-refractivity contribution in [1.29, 1.82) is 10.5 Å². The van der Waals surface area contributed by atoms with Gasteiger partial charge >= 0.3 is 0 Å². The van der Waals surface area contributed by atoms with Crippen molar-refractivity contribution in [3.8, 4) is 12.1 Å². The van der Waals surface area contributed by atoms with E-state index in [1.807, 2.05) is 94.1 Å². The zero-order valence-corrected chi connectivity index (χ0v) is 26.6. The molecule has 0 aliphatic carbocycles. The predicted molar refractivity (Wildman–Crippen MR) is 170 cm³/mol. The second-order valence-corrected chi connectivity index (χ2v) is 17.5. The van der Waals surface area contributed by atoms with Crippen LogP contribution in [0.3, 0.4) is 0 Å². The molecule has 2 nitrogen and oxygen atoms in total. The van der Waals surface area contributed by atoms with Gasteiger partial charge in [-0.1, -0.05) is 99.4 Å². The smallest absolute Gasteiger partial charge is 0.0717 e. The van der Waals surface area contributed by atoms with Crippen molar-refractivity contribution in [2.45, 2.75) is 78.1 Å². The first-order valence-corrected chi connectivity index (χ1v) is 19.1. The van der Waals surface area contributed by atoms with Crippen molar-refractivity contribution >= 4 is 94.1 Å². The highest BCUT2D eigenvalue weighted by molar-refractivity contribution is 8.45. The van der Waals surface area contributed by atoms with E-state index in [4.69, 9.17) is 10.5 Å². The fourth-order valence-corrected chi connectivity index (χ4v) is 14.8. The second-order valence-electron chi connectivity index (χ2n) is 7.46. The van der Waals surface area contributed by atoms with Crippen molar-refractivity contribution in [3.63, 3.8) is 0 Å². The van der Waals surface area contributed by atoms with Gasteiger partial charge in [-0.25, -0.2) is 0 Å². The van der Waals surface area contributed by atoms with Crippen molar-refractivity contribution in [2.24, 2.45) is 0 Å². The maximum absolute atomic E-state index is 8.98. The van der Waals surface area contributed by atoms with E-state index in [0.29, 0.717) is 12.8 Å². The molecule has 10 heteroatoms. The Labute approximate surface area is 241 Å². The van der Waals surface area contributed by atoms with Crippen LogP contribution in [0, 0.1) is 22.7 Å². The van der Waals surface area contributed by atoms with Gasteiger partial charge in [-0.15, -0.1) is 47.0 Å². The Morgan fingerprint density at radius 3 is 1.21 bits per heavy atom. The highest BCUT2D eigenvalue weighted by Crippen LogP contribution is 2.66. The molecule has 0 saturated carbocycles. The predicted octanol–water partition coefficient (Wildman–Crippen LogP) is 11.2. The van der Waals surface area contributed by atoms with Gasteiger partial charge in [-0.05, 0) is 24.3 Å². The van der Waals surface area contributed by atoms with Gasteiger partial charge in [-0.2, -0.15) is 10.5 Å². The second kappa shape index (κ2) is 20.0. The minimum atomic E-state index is 0.600. The molecule has 0 N–H and O–H groups in total. The van der Waals surface area contributed by atoms with E-state index in [-0.39, 0.29) is 0 Å². The minimum Gasteiger partial charge on any atom is -0.198 e. The topological polar surface area (TPSA) is 47.6 Å². The third kappa shape index (κ3) is 12.0. The van der Waals surface area contributed by atoms with Gasteiger partial charge in [0.2, 0.25) is 0 Å². The van der Waals surface area contributed by atoms with Gasteiger partial charge in [0.25, 0.3) is 0 Å². The summed E-state index contributed by atoms with van der Waals surface area (Å²) in [5.41, 5.74) is 0. The van der Waals surface area contributed by atoms with Gasteiger partial charge in [0, 0.05) is 24.3 Å². The van der Waals surface area contributed by atoms with Gasteiger partial charge in [0.15, 0.2) is 0 Å². The summed E-state index contributed by atoms with van der Waals surface area (Å²) in [5.74, 6) is 4.10. The molecule has 0 spiro atoms. The average molecular weight is 607 g/mol. The first-order chi connectivity index (χ1) is 16.7. The van der Waals surface area contributed by atoms with Gasteiger partial charge in [0.05, 0.1) is 37.6 Å². The van der Waals surface area contributed by atoms with E-state index in [9.17, 15) is 0 Å². The van der Waals surface area contributed by atoms with Crippen LogP contribution >= 0.6 is 94.1 Å². The molecular formula is C24H34N2S8. The van der Waals surface area contributed by atoms with E-state index >= 15 is 0 Å².